The van der Waals surface area contributed by atoms with Crippen LogP contribution in [-0.4, -0.2) is 67.6 Å². The molecule has 0 aliphatic carbocycles. The molecule has 0 amide bonds. The molecular weight excluding hydrogens is 318 g/mol. The highest BCUT2D eigenvalue weighted by Crippen LogP contribution is 2.23. The molecule has 1 aromatic rings. The molecule has 0 N–H and O–H groups in total. The third-order valence-electron chi connectivity index (χ3n) is 4.81. The topological polar surface area (TPSA) is 63.6 Å². The zero-order valence-electron chi connectivity index (χ0n) is 15.9. The molecule has 1 unspecified atom stereocenters. The van der Waals surface area contributed by atoms with Gasteiger partial charge in [-0.05, 0) is 25.7 Å². The summed E-state index contributed by atoms with van der Waals surface area (Å²) in [4.78, 5) is 18.1. The van der Waals surface area contributed by atoms with Gasteiger partial charge in [-0.1, -0.05) is 13.8 Å². The zero-order valence-corrected chi connectivity index (χ0v) is 15.9. The van der Waals surface area contributed by atoms with Gasteiger partial charge < -0.3 is 19.3 Å². The monoisotopic (exact) mass is 349 g/mol. The van der Waals surface area contributed by atoms with Crippen LogP contribution in [0.15, 0.2) is 0 Å². The SMILES string of the molecule is CC(C)c1nc(N(C)C)nc(N2CCC(OCC3CCCO3)CC2)n1. The predicted molar refractivity (Wildman–Crippen MR) is 98.4 cm³/mol. The van der Waals surface area contributed by atoms with E-state index in [4.69, 9.17) is 9.47 Å². The minimum Gasteiger partial charge on any atom is -0.376 e. The highest BCUT2D eigenvalue weighted by Gasteiger charge is 2.25. The van der Waals surface area contributed by atoms with E-state index in [0.717, 1.165) is 69.7 Å². The molecule has 2 fully saturated rings. The lowest BCUT2D eigenvalue weighted by Gasteiger charge is -2.32. The van der Waals surface area contributed by atoms with Crippen molar-refractivity contribution in [1.29, 1.82) is 0 Å². The minimum absolute atomic E-state index is 0.285. The van der Waals surface area contributed by atoms with E-state index in [1.807, 2.05) is 19.0 Å². The fraction of sp³-hybridized carbons (Fsp3) is 0.833. The van der Waals surface area contributed by atoms with E-state index in [1.165, 1.54) is 0 Å². The third-order valence-corrected chi connectivity index (χ3v) is 4.81. The van der Waals surface area contributed by atoms with Crippen molar-refractivity contribution in [3.63, 3.8) is 0 Å². The van der Waals surface area contributed by atoms with E-state index in [1.54, 1.807) is 0 Å². The van der Waals surface area contributed by atoms with Gasteiger partial charge in [0.15, 0.2) is 0 Å². The molecule has 2 saturated heterocycles. The molecule has 140 valence electrons. The third kappa shape index (κ3) is 4.79. The van der Waals surface area contributed by atoms with E-state index >= 15 is 0 Å². The summed E-state index contributed by atoms with van der Waals surface area (Å²) in [5.74, 6) is 2.66. The van der Waals surface area contributed by atoms with Gasteiger partial charge in [-0.3, -0.25) is 0 Å². The second-order valence-electron chi connectivity index (χ2n) is 7.50. The van der Waals surface area contributed by atoms with Gasteiger partial charge in [0.1, 0.15) is 5.82 Å². The van der Waals surface area contributed by atoms with Gasteiger partial charge in [-0.2, -0.15) is 15.0 Å². The van der Waals surface area contributed by atoms with Crippen LogP contribution in [0.1, 0.15) is 51.3 Å². The first-order chi connectivity index (χ1) is 12.0. The van der Waals surface area contributed by atoms with Crippen molar-refractivity contribution in [3.05, 3.63) is 5.82 Å². The molecule has 0 aromatic carbocycles. The molecule has 0 spiro atoms. The van der Waals surface area contributed by atoms with Gasteiger partial charge in [-0.15, -0.1) is 0 Å². The second-order valence-corrected chi connectivity index (χ2v) is 7.50. The molecule has 2 aliphatic heterocycles. The van der Waals surface area contributed by atoms with Crippen molar-refractivity contribution in [1.82, 2.24) is 15.0 Å². The molecule has 1 aromatic heterocycles. The molecule has 3 rings (SSSR count). The number of ether oxygens (including phenoxy) is 2. The highest BCUT2D eigenvalue weighted by molar-refractivity contribution is 5.39. The van der Waals surface area contributed by atoms with Crippen LogP contribution in [0.4, 0.5) is 11.9 Å². The Morgan fingerprint density at radius 2 is 1.92 bits per heavy atom. The molecule has 2 aliphatic rings. The van der Waals surface area contributed by atoms with Crippen molar-refractivity contribution in [2.75, 3.05) is 50.2 Å². The van der Waals surface area contributed by atoms with Gasteiger partial charge in [0, 0.05) is 39.7 Å². The van der Waals surface area contributed by atoms with Crippen molar-refractivity contribution in [2.45, 2.75) is 57.7 Å². The fourth-order valence-electron chi connectivity index (χ4n) is 3.21. The standard InChI is InChI=1S/C18H31N5O2/c1-13(2)16-19-17(22(3)4)21-18(20-16)23-9-7-14(8-10-23)25-12-15-6-5-11-24-15/h13-15H,5-12H2,1-4H3. The van der Waals surface area contributed by atoms with E-state index < -0.39 is 0 Å². The molecule has 0 radical (unpaired) electrons. The summed E-state index contributed by atoms with van der Waals surface area (Å²) < 4.78 is 11.7. The highest BCUT2D eigenvalue weighted by atomic mass is 16.5. The van der Waals surface area contributed by atoms with Crippen molar-refractivity contribution >= 4 is 11.9 Å². The van der Waals surface area contributed by atoms with Crippen LogP contribution in [-0.2, 0) is 9.47 Å². The lowest BCUT2D eigenvalue weighted by atomic mass is 10.1. The summed E-state index contributed by atoms with van der Waals surface area (Å²) in [6.07, 6.45) is 4.94. The average Bonchev–Trinajstić information content (AvgIpc) is 3.13. The smallest absolute Gasteiger partial charge is 0.230 e. The Labute approximate surface area is 150 Å². The lowest BCUT2D eigenvalue weighted by molar-refractivity contribution is -0.0280. The van der Waals surface area contributed by atoms with Crippen LogP contribution in [0.5, 0.6) is 0 Å². The van der Waals surface area contributed by atoms with E-state index in [9.17, 15) is 0 Å². The first kappa shape index (κ1) is 18.3. The van der Waals surface area contributed by atoms with Crippen molar-refractivity contribution in [3.8, 4) is 0 Å². The Balaban J connectivity index is 1.58. The molecule has 3 heterocycles. The van der Waals surface area contributed by atoms with Gasteiger partial charge in [0.05, 0.1) is 18.8 Å². The number of hydrogen-bond acceptors (Lipinski definition) is 7. The van der Waals surface area contributed by atoms with E-state index in [2.05, 4.69) is 33.7 Å². The lowest BCUT2D eigenvalue weighted by Crippen LogP contribution is -2.39. The van der Waals surface area contributed by atoms with Crippen molar-refractivity contribution in [2.24, 2.45) is 0 Å². The summed E-state index contributed by atoms with van der Waals surface area (Å²) in [5.41, 5.74) is 0. The maximum absolute atomic E-state index is 6.06. The summed E-state index contributed by atoms with van der Waals surface area (Å²) in [7, 11) is 3.93. The number of aromatic nitrogens is 3. The summed E-state index contributed by atoms with van der Waals surface area (Å²) >= 11 is 0. The van der Waals surface area contributed by atoms with Crippen LogP contribution in [0, 0.1) is 0 Å². The fourth-order valence-corrected chi connectivity index (χ4v) is 3.21. The van der Waals surface area contributed by atoms with Crippen LogP contribution in [0.3, 0.4) is 0 Å². The average molecular weight is 349 g/mol. The number of anilines is 2. The van der Waals surface area contributed by atoms with Crippen LogP contribution >= 0.6 is 0 Å². The van der Waals surface area contributed by atoms with E-state index in [0.29, 0.717) is 12.2 Å². The minimum atomic E-state index is 0.285. The Bertz CT molecular complexity index is 526. The van der Waals surface area contributed by atoms with Gasteiger partial charge in [0.2, 0.25) is 11.9 Å². The molecule has 0 bridgehead atoms. The Kier molecular flexibility index (Phi) is 6.06. The van der Waals surface area contributed by atoms with Crippen LogP contribution < -0.4 is 9.80 Å². The zero-order chi connectivity index (χ0) is 17.8. The predicted octanol–water partition coefficient (Wildman–Crippen LogP) is 2.23. The first-order valence-electron chi connectivity index (χ1n) is 9.44. The Morgan fingerprint density at radius 1 is 1.16 bits per heavy atom. The maximum Gasteiger partial charge on any atom is 0.230 e. The Morgan fingerprint density at radius 3 is 2.52 bits per heavy atom. The normalized spacial score (nSPS) is 22.0. The van der Waals surface area contributed by atoms with Crippen LogP contribution in [0.25, 0.3) is 0 Å². The number of rotatable bonds is 6. The van der Waals surface area contributed by atoms with Crippen molar-refractivity contribution < 1.29 is 9.47 Å². The van der Waals surface area contributed by atoms with Gasteiger partial charge in [0.25, 0.3) is 0 Å². The second kappa shape index (κ2) is 8.27. The largest absolute Gasteiger partial charge is 0.376 e. The molecule has 25 heavy (non-hydrogen) atoms. The van der Waals surface area contributed by atoms with Gasteiger partial charge in [-0.25, -0.2) is 0 Å². The quantitative estimate of drug-likeness (QED) is 0.780. The molecule has 7 nitrogen and oxygen atoms in total. The summed E-state index contributed by atoms with van der Waals surface area (Å²) in [5, 5.41) is 0. The number of hydrogen-bond donors (Lipinski definition) is 0. The maximum atomic E-state index is 6.06. The van der Waals surface area contributed by atoms with Crippen LogP contribution in [0.2, 0.25) is 0 Å². The Hall–Kier alpha value is -1.47. The molecular formula is C18H31N5O2. The first-order valence-corrected chi connectivity index (χ1v) is 9.44. The van der Waals surface area contributed by atoms with E-state index in [-0.39, 0.29) is 5.92 Å². The summed E-state index contributed by atoms with van der Waals surface area (Å²) in [6, 6.07) is 0. The molecule has 1 atom stereocenters. The summed E-state index contributed by atoms with van der Waals surface area (Å²) in [6.45, 7) is 7.69. The van der Waals surface area contributed by atoms with Gasteiger partial charge >= 0.3 is 0 Å². The molecule has 0 saturated carbocycles. The number of piperidine rings is 1. The number of nitrogens with zero attached hydrogens (tertiary/aromatic N) is 5. The molecule has 7 heteroatoms.